The highest BCUT2D eigenvalue weighted by atomic mass is 16.1. The first kappa shape index (κ1) is 22.6. The molecular weight excluding hydrogens is 412 g/mol. The molecule has 0 amide bonds. The molecule has 1 N–H and O–H groups in total. The summed E-state index contributed by atoms with van der Waals surface area (Å²) in [6, 6.07) is 17.0. The fraction of sp³-hybridized carbons (Fsp3) is 0.259. The molecule has 0 radical (unpaired) electrons. The van der Waals surface area contributed by atoms with Crippen LogP contribution < -0.4 is 10.9 Å². The van der Waals surface area contributed by atoms with Crippen molar-refractivity contribution in [3.8, 4) is 0 Å². The smallest absolute Gasteiger partial charge is 0.275 e. The van der Waals surface area contributed by atoms with E-state index in [1.807, 2.05) is 61.5 Å². The van der Waals surface area contributed by atoms with Crippen molar-refractivity contribution < 1.29 is 4.79 Å². The molecule has 0 spiro atoms. The van der Waals surface area contributed by atoms with Crippen LogP contribution in [0.4, 0.5) is 0 Å². The topological polar surface area (TPSA) is 76.9 Å². The molecule has 6 heteroatoms. The lowest BCUT2D eigenvalue weighted by Gasteiger charge is -2.17. The van der Waals surface area contributed by atoms with Crippen molar-refractivity contribution in [3.63, 3.8) is 0 Å². The second-order valence-electron chi connectivity index (χ2n) is 8.28. The second-order valence-corrected chi connectivity index (χ2v) is 8.28. The van der Waals surface area contributed by atoms with Gasteiger partial charge >= 0.3 is 0 Å². The molecule has 0 fully saturated rings. The third-order valence-corrected chi connectivity index (χ3v) is 5.92. The number of aryl methyl sites for hydroxylation is 2. The van der Waals surface area contributed by atoms with E-state index in [0.29, 0.717) is 11.8 Å². The van der Waals surface area contributed by atoms with Crippen LogP contribution in [0, 0.1) is 6.92 Å². The van der Waals surface area contributed by atoms with E-state index < -0.39 is 6.04 Å². The highest BCUT2D eigenvalue weighted by Crippen LogP contribution is 2.20. The molecule has 0 bridgehead atoms. The molecule has 4 rings (SSSR count). The average molecular weight is 441 g/mol. The number of carbonyl (C=O) groups is 1. The van der Waals surface area contributed by atoms with E-state index in [4.69, 9.17) is 0 Å². The van der Waals surface area contributed by atoms with Crippen LogP contribution in [-0.4, -0.2) is 27.6 Å². The molecule has 1 unspecified atom stereocenters. The van der Waals surface area contributed by atoms with Gasteiger partial charge in [0.2, 0.25) is 0 Å². The quantitative estimate of drug-likeness (QED) is 0.451. The van der Waals surface area contributed by atoms with Crippen LogP contribution in [0.1, 0.15) is 40.9 Å². The summed E-state index contributed by atoms with van der Waals surface area (Å²) in [4.78, 5) is 30.7. The Labute approximate surface area is 193 Å². The first-order valence-electron chi connectivity index (χ1n) is 11.2. The van der Waals surface area contributed by atoms with Gasteiger partial charge in [0, 0.05) is 24.2 Å². The number of pyridine rings is 1. The fourth-order valence-corrected chi connectivity index (χ4v) is 4.10. The molecule has 4 aromatic rings. The van der Waals surface area contributed by atoms with Gasteiger partial charge in [0.05, 0.1) is 17.1 Å². The Balaban J connectivity index is 1.72. The molecular formula is C27H28N4O2. The number of aromatic nitrogens is 3. The van der Waals surface area contributed by atoms with Gasteiger partial charge in [0.1, 0.15) is 6.54 Å². The Morgan fingerprint density at radius 3 is 2.52 bits per heavy atom. The lowest BCUT2D eigenvalue weighted by atomic mass is 10.0. The Hall–Kier alpha value is -3.64. The van der Waals surface area contributed by atoms with Crippen molar-refractivity contribution in [2.75, 3.05) is 7.05 Å². The largest absolute Gasteiger partial charge is 0.307 e. The summed E-state index contributed by atoms with van der Waals surface area (Å²) in [6.07, 6.45) is 4.98. The van der Waals surface area contributed by atoms with Crippen LogP contribution in [0.2, 0.25) is 0 Å². The molecule has 33 heavy (non-hydrogen) atoms. The van der Waals surface area contributed by atoms with Crippen LogP contribution in [-0.2, 0) is 24.2 Å². The number of ketones is 1. The molecule has 0 aliphatic carbocycles. The third kappa shape index (κ3) is 4.91. The number of carbonyl (C=O) groups excluding carboxylic acids is 1. The van der Waals surface area contributed by atoms with Gasteiger partial charge in [-0.1, -0.05) is 48.9 Å². The summed E-state index contributed by atoms with van der Waals surface area (Å²) >= 11 is 0. The van der Waals surface area contributed by atoms with Crippen molar-refractivity contribution in [2.24, 2.45) is 0 Å². The van der Waals surface area contributed by atoms with E-state index in [1.54, 1.807) is 19.4 Å². The van der Waals surface area contributed by atoms with Crippen LogP contribution in [0.25, 0.3) is 10.8 Å². The summed E-state index contributed by atoms with van der Waals surface area (Å²) in [5, 5.41) is 9.11. The van der Waals surface area contributed by atoms with E-state index >= 15 is 0 Å². The van der Waals surface area contributed by atoms with Crippen molar-refractivity contribution >= 4 is 16.6 Å². The first-order chi connectivity index (χ1) is 16.0. The van der Waals surface area contributed by atoms with Crippen LogP contribution >= 0.6 is 0 Å². The van der Waals surface area contributed by atoms with Gasteiger partial charge in [-0.15, -0.1) is 0 Å². The summed E-state index contributed by atoms with van der Waals surface area (Å²) in [6.45, 7) is 3.98. The molecule has 0 aliphatic rings. The van der Waals surface area contributed by atoms with E-state index in [1.165, 1.54) is 10.2 Å². The van der Waals surface area contributed by atoms with Crippen LogP contribution in [0.15, 0.2) is 71.8 Å². The molecule has 168 valence electrons. The molecule has 0 saturated carbocycles. The number of benzene rings is 2. The van der Waals surface area contributed by atoms with Crippen molar-refractivity contribution in [2.45, 2.75) is 39.3 Å². The second kappa shape index (κ2) is 9.88. The average Bonchev–Trinajstić information content (AvgIpc) is 2.83. The first-order valence-corrected chi connectivity index (χ1v) is 11.2. The van der Waals surface area contributed by atoms with E-state index in [0.717, 1.165) is 34.2 Å². The Kier molecular flexibility index (Phi) is 6.75. The minimum Gasteiger partial charge on any atom is -0.307 e. The van der Waals surface area contributed by atoms with Crippen LogP contribution in [0.5, 0.6) is 0 Å². The van der Waals surface area contributed by atoms with Crippen molar-refractivity contribution in [1.82, 2.24) is 20.1 Å². The molecule has 0 saturated heterocycles. The summed E-state index contributed by atoms with van der Waals surface area (Å²) < 4.78 is 1.30. The van der Waals surface area contributed by atoms with Gasteiger partial charge in [0.15, 0.2) is 5.78 Å². The zero-order valence-corrected chi connectivity index (χ0v) is 19.2. The number of Topliss-reactive ketones (excluding diaryl/α,β-unsaturated/α-hetero) is 1. The minimum absolute atomic E-state index is 0.107. The maximum atomic E-state index is 13.2. The fourth-order valence-electron chi connectivity index (χ4n) is 4.10. The highest BCUT2D eigenvalue weighted by molar-refractivity contribution is 5.87. The monoisotopic (exact) mass is 440 g/mol. The predicted molar refractivity (Wildman–Crippen MR) is 130 cm³/mol. The maximum Gasteiger partial charge on any atom is 0.275 e. The van der Waals surface area contributed by atoms with Crippen LogP contribution in [0.3, 0.4) is 0 Å². The van der Waals surface area contributed by atoms with E-state index in [9.17, 15) is 9.59 Å². The van der Waals surface area contributed by atoms with E-state index in [2.05, 4.69) is 22.3 Å². The lowest BCUT2D eigenvalue weighted by Crippen LogP contribution is -2.34. The van der Waals surface area contributed by atoms with Crippen molar-refractivity contribution in [3.05, 3.63) is 105 Å². The number of hydrogen-bond acceptors (Lipinski definition) is 5. The molecule has 0 aliphatic heterocycles. The zero-order chi connectivity index (χ0) is 23.4. The van der Waals surface area contributed by atoms with Gasteiger partial charge in [-0.05, 0) is 55.3 Å². The van der Waals surface area contributed by atoms with E-state index in [-0.39, 0.29) is 17.9 Å². The highest BCUT2D eigenvalue weighted by Gasteiger charge is 2.21. The summed E-state index contributed by atoms with van der Waals surface area (Å²) in [7, 11) is 1.75. The number of nitrogens with zero attached hydrogens (tertiary/aromatic N) is 3. The molecule has 6 nitrogen and oxygen atoms in total. The standard InChI is InChI=1S/C27H28N4O2/c1-4-19-8-10-21(11-9-19)26(28-3)25(32)17-31-27(33)22-12-7-18(2)14-23(22)24(30-31)15-20-6-5-13-29-16-20/h5-14,16,26,28H,4,15,17H2,1-3H3. The lowest BCUT2D eigenvalue weighted by molar-refractivity contribution is -0.121. The normalized spacial score (nSPS) is 12.1. The number of nitrogens with one attached hydrogen (secondary N) is 1. The van der Waals surface area contributed by atoms with Crippen molar-refractivity contribution in [1.29, 1.82) is 0 Å². The molecule has 1 atom stereocenters. The minimum atomic E-state index is -0.514. The van der Waals surface area contributed by atoms with Gasteiger partial charge < -0.3 is 5.32 Å². The Bertz CT molecular complexity index is 1330. The molecule has 2 heterocycles. The number of rotatable bonds is 8. The summed E-state index contributed by atoms with van der Waals surface area (Å²) in [5.41, 5.74) is 4.62. The predicted octanol–water partition coefficient (Wildman–Crippen LogP) is 3.78. The number of hydrogen-bond donors (Lipinski definition) is 1. The zero-order valence-electron chi connectivity index (χ0n) is 19.2. The number of likely N-dealkylation sites (N-methyl/N-ethyl adjacent to an activating group) is 1. The van der Waals surface area contributed by atoms with Gasteiger partial charge in [-0.3, -0.25) is 14.6 Å². The van der Waals surface area contributed by atoms with Gasteiger partial charge in [-0.25, -0.2) is 4.68 Å². The third-order valence-electron chi connectivity index (χ3n) is 5.92. The SMILES string of the molecule is CCc1ccc(C(NC)C(=O)Cn2nc(Cc3cccnc3)c3cc(C)ccc3c2=O)cc1. The van der Waals surface area contributed by atoms with Gasteiger partial charge in [0.25, 0.3) is 5.56 Å². The Morgan fingerprint density at radius 2 is 1.85 bits per heavy atom. The Morgan fingerprint density at radius 1 is 1.06 bits per heavy atom. The number of fused-ring (bicyclic) bond motifs is 1. The molecule has 2 aromatic carbocycles. The van der Waals surface area contributed by atoms with Gasteiger partial charge in [-0.2, -0.15) is 5.10 Å². The molecule has 2 aromatic heterocycles. The summed E-state index contributed by atoms with van der Waals surface area (Å²) in [5.74, 6) is -0.116. The maximum absolute atomic E-state index is 13.2.